The average molecular weight is 493 g/mol. The number of Topliss-reactive ketones (excluding diaryl/α,β-unsaturated/α-hetero) is 1. The first-order chi connectivity index (χ1) is 16.9. The molecule has 3 aliphatic rings. The van der Waals surface area contributed by atoms with Gasteiger partial charge in [0, 0.05) is 45.3 Å². The van der Waals surface area contributed by atoms with Crippen molar-refractivity contribution in [3.8, 4) is 5.69 Å². The van der Waals surface area contributed by atoms with E-state index in [0.717, 1.165) is 55.0 Å². The molecule has 0 spiro atoms. The van der Waals surface area contributed by atoms with E-state index in [4.69, 9.17) is 10.8 Å². The van der Waals surface area contributed by atoms with Crippen LogP contribution in [0, 0.1) is 24.2 Å². The highest BCUT2D eigenvalue weighted by Crippen LogP contribution is 2.41. The minimum absolute atomic E-state index is 0.0668. The Morgan fingerprint density at radius 3 is 2.42 bits per heavy atom. The van der Waals surface area contributed by atoms with Gasteiger partial charge < -0.3 is 20.9 Å². The van der Waals surface area contributed by atoms with E-state index in [0.29, 0.717) is 29.5 Å². The van der Waals surface area contributed by atoms with E-state index in [1.54, 1.807) is 25.1 Å². The largest absolute Gasteiger partial charge is 0.382 e. The number of nitrogens with one attached hydrogen (secondary N) is 1. The number of carbonyl (C=O) groups excluding carboxylic acids is 3. The lowest BCUT2D eigenvalue weighted by Crippen LogP contribution is -2.38. The minimum Gasteiger partial charge on any atom is -0.382 e. The highest BCUT2D eigenvalue weighted by molar-refractivity contribution is 6.00. The Kier molecular flexibility index (Phi) is 5.84. The summed E-state index contributed by atoms with van der Waals surface area (Å²) in [6, 6.07) is 5.77. The summed E-state index contributed by atoms with van der Waals surface area (Å²) in [6.45, 7) is 7.63. The van der Waals surface area contributed by atoms with E-state index in [-0.39, 0.29) is 23.3 Å². The third-order valence-corrected chi connectivity index (χ3v) is 8.00. The van der Waals surface area contributed by atoms with Gasteiger partial charge in [-0.15, -0.1) is 0 Å². The summed E-state index contributed by atoms with van der Waals surface area (Å²) in [4.78, 5) is 41.0. The zero-order chi connectivity index (χ0) is 25.9. The van der Waals surface area contributed by atoms with Crippen LogP contribution in [0.1, 0.15) is 65.2 Å². The topological polar surface area (TPSA) is 114 Å². The number of aryl methyl sites for hydroxylation is 1. The van der Waals surface area contributed by atoms with Crippen molar-refractivity contribution in [3.05, 3.63) is 40.7 Å². The van der Waals surface area contributed by atoms with Crippen molar-refractivity contribution >= 4 is 23.4 Å². The van der Waals surface area contributed by atoms with E-state index in [9.17, 15) is 14.4 Å². The molecule has 3 amide bonds. The number of carbonyl (C=O) groups is 3. The van der Waals surface area contributed by atoms with E-state index in [1.807, 2.05) is 28.6 Å². The van der Waals surface area contributed by atoms with Crippen LogP contribution in [0.5, 0.6) is 0 Å². The smallest absolute Gasteiger partial charge is 0.319 e. The maximum atomic E-state index is 12.9. The summed E-state index contributed by atoms with van der Waals surface area (Å²) in [6.07, 6.45) is 3.14. The molecule has 2 fully saturated rings. The van der Waals surface area contributed by atoms with Crippen LogP contribution in [0.4, 0.5) is 10.5 Å². The number of hydrogen-bond donors (Lipinski definition) is 2. The van der Waals surface area contributed by atoms with Gasteiger partial charge in [0.1, 0.15) is 0 Å². The molecular weight excluding hydrogens is 456 g/mol. The molecule has 1 saturated heterocycles. The maximum Gasteiger partial charge on any atom is 0.319 e. The lowest BCUT2D eigenvalue weighted by molar-refractivity contribution is 0.0909. The molecule has 2 aromatic rings. The Morgan fingerprint density at radius 2 is 1.81 bits per heavy atom. The van der Waals surface area contributed by atoms with Gasteiger partial charge in [-0.2, -0.15) is 5.10 Å². The first kappa shape index (κ1) is 24.3. The molecule has 0 radical (unpaired) electrons. The molecule has 0 bridgehead atoms. The number of aromatic nitrogens is 2. The summed E-state index contributed by atoms with van der Waals surface area (Å²) in [7, 11) is 3.57. The monoisotopic (exact) mass is 492 g/mol. The molecule has 192 valence electrons. The number of ketones is 1. The van der Waals surface area contributed by atoms with Gasteiger partial charge in [-0.3, -0.25) is 9.59 Å². The van der Waals surface area contributed by atoms with Crippen LogP contribution in [0.25, 0.3) is 5.69 Å². The van der Waals surface area contributed by atoms with Gasteiger partial charge in [-0.05, 0) is 61.6 Å². The normalized spacial score (nSPS) is 24.4. The molecule has 1 aliphatic heterocycles. The number of benzene rings is 1. The molecule has 36 heavy (non-hydrogen) atoms. The van der Waals surface area contributed by atoms with Crippen LogP contribution < -0.4 is 11.1 Å². The molecule has 2 heterocycles. The molecule has 3 atom stereocenters. The summed E-state index contributed by atoms with van der Waals surface area (Å²) in [5.74, 6) is 0.539. The van der Waals surface area contributed by atoms with Crippen molar-refractivity contribution < 1.29 is 14.4 Å². The molecule has 1 unspecified atom stereocenters. The predicted molar refractivity (Wildman–Crippen MR) is 138 cm³/mol. The number of anilines is 1. The molecule has 1 aromatic carbocycles. The zero-order valence-electron chi connectivity index (χ0n) is 21.8. The van der Waals surface area contributed by atoms with Gasteiger partial charge in [0.15, 0.2) is 5.78 Å². The third kappa shape index (κ3) is 4.24. The number of fused-ring (bicyclic) bond motifs is 2. The quantitative estimate of drug-likeness (QED) is 0.680. The van der Waals surface area contributed by atoms with E-state index in [1.165, 1.54) is 0 Å². The van der Waals surface area contributed by atoms with Gasteiger partial charge in [0.25, 0.3) is 5.91 Å². The second-order valence-electron chi connectivity index (χ2n) is 11.8. The first-order valence-corrected chi connectivity index (χ1v) is 12.7. The van der Waals surface area contributed by atoms with Gasteiger partial charge >= 0.3 is 6.03 Å². The molecule has 1 saturated carbocycles. The number of urea groups is 1. The summed E-state index contributed by atoms with van der Waals surface area (Å²) >= 11 is 0. The molecular formula is C27H36N6O3. The predicted octanol–water partition coefficient (Wildman–Crippen LogP) is 3.24. The van der Waals surface area contributed by atoms with Crippen molar-refractivity contribution in [2.45, 2.75) is 52.5 Å². The standard InChI is InChI=1S/C27H36N6O3/c1-15-24-22(11-27(2,3)12-23(24)34)33(30-15)19-6-7-20(25(28)35)21(10-19)29-18-8-16-13-32(14-17(16)9-18)26(36)31(4)5/h6-7,10,16-18,29H,8-9,11-14H2,1-5H3,(H2,28,35)/t16-,17+,18?. The summed E-state index contributed by atoms with van der Waals surface area (Å²) in [5.41, 5.74) is 9.91. The molecule has 5 rings (SSSR count). The number of primary amides is 1. The summed E-state index contributed by atoms with van der Waals surface area (Å²) < 4.78 is 1.85. The van der Waals surface area contributed by atoms with E-state index >= 15 is 0 Å². The van der Waals surface area contributed by atoms with Crippen molar-refractivity contribution in [2.75, 3.05) is 32.5 Å². The van der Waals surface area contributed by atoms with Crippen LogP contribution in [-0.2, 0) is 6.42 Å². The van der Waals surface area contributed by atoms with Crippen LogP contribution in [0.3, 0.4) is 0 Å². The molecule has 9 nitrogen and oxygen atoms in total. The van der Waals surface area contributed by atoms with Gasteiger partial charge in [0.2, 0.25) is 0 Å². The lowest BCUT2D eigenvalue weighted by Gasteiger charge is -2.29. The fourth-order valence-corrected chi connectivity index (χ4v) is 6.43. The number of nitrogens with zero attached hydrogens (tertiary/aromatic N) is 4. The zero-order valence-corrected chi connectivity index (χ0v) is 21.8. The lowest BCUT2D eigenvalue weighted by atomic mass is 9.75. The Labute approximate surface area is 212 Å². The average Bonchev–Trinajstić information content (AvgIpc) is 3.43. The third-order valence-electron chi connectivity index (χ3n) is 8.00. The molecule has 9 heteroatoms. The fraction of sp³-hybridized carbons (Fsp3) is 0.556. The number of rotatable bonds is 4. The van der Waals surface area contributed by atoms with Gasteiger partial charge in [0.05, 0.1) is 28.2 Å². The number of likely N-dealkylation sites (tertiary alicyclic amines) is 1. The Balaban J connectivity index is 1.40. The molecule has 3 N–H and O–H groups in total. The van der Waals surface area contributed by atoms with Crippen molar-refractivity contribution in [3.63, 3.8) is 0 Å². The van der Waals surface area contributed by atoms with Crippen molar-refractivity contribution in [2.24, 2.45) is 23.0 Å². The first-order valence-electron chi connectivity index (χ1n) is 12.7. The Bertz CT molecular complexity index is 1230. The highest BCUT2D eigenvalue weighted by Gasteiger charge is 2.43. The Morgan fingerprint density at radius 1 is 1.14 bits per heavy atom. The second kappa shape index (κ2) is 8.64. The van der Waals surface area contributed by atoms with Crippen LogP contribution in [0.15, 0.2) is 18.2 Å². The molecule has 2 aliphatic carbocycles. The van der Waals surface area contributed by atoms with Crippen LogP contribution in [-0.4, -0.2) is 70.5 Å². The van der Waals surface area contributed by atoms with E-state index < -0.39 is 5.91 Å². The maximum absolute atomic E-state index is 12.9. The summed E-state index contributed by atoms with van der Waals surface area (Å²) in [5, 5.41) is 8.31. The van der Waals surface area contributed by atoms with Crippen LogP contribution >= 0.6 is 0 Å². The SMILES string of the molecule is Cc1nn(-c2ccc(C(N)=O)c(NC3C[C@@H]4CN(C(=O)N(C)C)C[C@@H]4C3)c2)c2c1C(=O)CC(C)(C)C2. The van der Waals surface area contributed by atoms with Gasteiger partial charge in [-0.1, -0.05) is 13.8 Å². The highest BCUT2D eigenvalue weighted by atomic mass is 16.2. The van der Waals surface area contributed by atoms with Crippen LogP contribution in [0.2, 0.25) is 0 Å². The van der Waals surface area contributed by atoms with Crippen molar-refractivity contribution in [1.82, 2.24) is 19.6 Å². The van der Waals surface area contributed by atoms with Crippen molar-refractivity contribution in [1.29, 1.82) is 0 Å². The number of amides is 3. The number of hydrogen-bond acceptors (Lipinski definition) is 5. The Hall–Kier alpha value is -3.36. The molecule has 1 aromatic heterocycles. The second-order valence-corrected chi connectivity index (χ2v) is 11.8. The minimum atomic E-state index is -0.486. The van der Waals surface area contributed by atoms with Gasteiger partial charge in [-0.25, -0.2) is 9.48 Å². The fourth-order valence-electron chi connectivity index (χ4n) is 6.43. The number of nitrogens with two attached hydrogens (primary N) is 1. The van der Waals surface area contributed by atoms with E-state index in [2.05, 4.69) is 19.2 Å².